The van der Waals surface area contributed by atoms with Gasteiger partial charge in [0.1, 0.15) is 18.5 Å². The molecule has 2 aliphatic rings. The highest BCUT2D eigenvalue weighted by Crippen LogP contribution is 2.50. The molecule has 0 atom stereocenters. The van der Waals surface area contributed by atoms with Gasteiger partial charge in [-0.25, -0.2) is 14.4 Å². The van der Waals surface area contributed by atoms with Gasteiger partial charge in [-0.3, -0.25) is 9.69 Å². The number of aromatic nitrogens is 3. The second-order valence-corrected chi connectivity index (χ2v) is 11.9. The van der Waals surface area contributed by atoms with Crippen LogP contribution in [-0.2, 0) is 30.9 Å². The molecule has 1 aliphatic carbocycles. The second kappa shape index (κ2) is 12.9. The van der Waals surface area contributed by atoms with Crippen molar-refractivity contribution in [3.63, 3.8) is 0 Å². The minimum absolute atomic E-state index is 0.0105. The summed E-state index contributed by atoms with van der Waals surface area (Å²) >= 11 is 0. The Balaban J connectivity index is 1.08. The third-order valence-corrected chi connectivity index (χ3v) is 8.56. The van der Waals surface area contributed by atoms with Crippen molar-refractivity contribution >= 4 is 17.0 Å². The van der Waals surface area contributed by atoms with Crippen LogP contribution in [0.4, 0.5) is 4.39 Å². The van der Waals surface area contributed by atoms with Crippen LogP contribution in [0.2, 0.25) is 0 Å². The Morgan fingerprint density at radius 1 is 1.09 bits per heavy atom. The van der Waals surface area contributed by atoms with Crippen molar-refractivity contribution in [3.8, 4) is 23.8 Å². The highest BCUT2D eigenvalue weighted by Gasteiger charge is 2.43. The number of benzene rings is 2. The lowest BCUT2D eigenvalue weighted by Gasteiger charge is -2.32. The Hall–Kier alpha value is -5.00. The van der Waals surface area contributed by atoms with E-state index in [1.807, 2.05) is 30.3 Å². The molecule has 2 aromatic heterocycles. The lowest BCUT2D eigenvalue weighted by Crippen LogP contribution is -2.38. The minimum atomic E-state index is -0.873. The summed E-state index contributed by atoms with van der Waals surface area (Å²) in [6, 6.07) is 19.4. The molecule has 1 saturated heterocycles. The molecule has 2 aromatic carbocycles. The lowest BCUT2D eigenvalue weighted by atomic mass is 10.0. The summed E-state index contributed by atoms with van der Waals surface area (Å²) in [5.41, 5.74) is 3.28. The van der Waals surface area contributed by atoms with E-state index in [1.165, 1.54) is 12.1 Å². The summed E-state index contributed by atoms with van der Waals surface area (Å²) in [5, 5.41) is 27.6. The van der Waals surface area contributed by atoms with Crippen molar-refractivity contribution in [2.24, 2.45) is 5.41 Å². The number of nitriles is 2. The maximum atomic E-state index is 14.2. The topological polar surface area (TPSA) is 137 Å². The first-order valence-electron chi connectivity index (χ1n) is 15.1. The van der Waals surface area contributed by atoms with Crippen LogP contribution in [0.25, 0.3) is 11.0 Å². The molecule has 0 bridgehead atoms. The molecule has 45 heavy (non-hydrogen) atoms. The monoisotopic (exact) mass is 608 g/mol. The van der Waals surface area contributed by atoms with Gasteiger partial charge >= 0.3 is 5.97 Å². The third kappa shape index (κ3) is 7.22. The van der Waals surface area contributed by atoms with Crippen molar-refractivity contribution in [1.82, 2.24) is 19.4 Å². The fraction of sp³-hybridized carbons (Fsp3) is 0.382. The van der Waals surface area contributed by atoms with Crippen molar-refractivity contribution in [2.75, 3.05) is 13.1 Å². The smallest absolute Gasteiger partial charge is 0.307 e. The maximum Gasteiger partial charge on any atom is 0.307 e. The molecular formula is C34H33FN6O4. The van der Waals surface area contributed by atoms with Crippen LogP contribution in [-0.4, -0.2) is 49.7 Å². The summed E-state index contributed by atoms with van der Waals surface area (Å²) < 4.78 is 28.2. The number of hydrogen-bond acceptors (Lipinski definition) is 8. The van der Waals surface area contributed by atoms with Gasteiger partial charge in [-0.2, -0.15) is 10.5 Å². The quantitative estimate of drug-likeness (QED) is 0.225. The average Bonchev–Trinajstić information content (AvgIpc) is 3.71. The number of carboxylic acids is 1. The number of ether oxygens (including phenoxy) is 2. The molecule has 6 rings (SSSR count). The number of carboxylic acid groups (broad SMARTS) is 1. The van der Waals surface area contributed by atoms with Gasteiger partial charge in [0.2, 0.25) is 5.88 Å². The summed E-state index contributed by atoms with van der Waals surface area (Å²) in [4.78, 5) is 23.2. The zero-order valence-electron chi connectivity index (χ0n) is 24.8. The first-order chi connectivity index (χ1) is 21.8. The third-order valence-electron chi connectivity index (χ3n) is 8.56. The Morgan fingerprint density at radius 3 is 2.62 bits per heavy atom. The van der Waals surface area contributed by atoms with Crippen LogP contribution >= 0.6 is 0 Å². The largest absolute Gasteiger partial charge is 0.484 e. The number of carbonyl (C=O) groups is 1. The van der Waals surface area contributed by atoms with Crippen LogP contribution in [0.3, 0.4) is 0 Å². The normalized spacial score (nSPS) is 16.2. The molecule has 11 heteroatoms. The number of hydrogen-bond donors (Lipinski definition) is 1. The number of halogens is 1. The van der Waals surface area contributed by atoms with Crippen molar-refractivity contribution in [1.29, 1.82) is 10.5 Å². The summed E-state index contributed by atoms with van der Waals surface area (Å²) in [7, 11) is 0. The van der Waals surface area contributed by atoms with Gasteiger partial charge in [0, 0.05) is 37.5 Å². The van der Waals surface area contributed by atoms with Crippen molar-refractivity contribution in [2.45, 2.75) is 64.3 Å². The van der Waals surface area contributed by atoms with Gasteiger partial charge < -0.3 is 19.1 Å². The van der Waals surface area contributed by atoms with Crippen LogP contribution in [0, 0.1) is 33.9 Å². The van der Waals surface area contributed by atoms with Crippen LogP contribution in [0.5, 0.6) is 11.6 Å². The Bertz CT molecular complexity index is 1800. The van der Waals surface area contributed by atoms with E-state index in [1.54, 1.807) is 12.1 Å². The Kier molecular flexibility index (Phi) is 8.63. The van der Waals surface area contributed by atoms with Gasteiger partial charge in [0.05, 0.1) is 47.4 Å². The average molecular weight is 609 g/mol. The van der Waals surface area contributed by atoms with Gasteiger partial charge in [-0.05, 0) is 67.6 Å². The maximum absolute atomic E-state index is 14.2. The number of pyridine rings is 1. The number of piperidine rings is 1. The molecule has 2 fully saturated rings. The van der Waals surface area contributed by atoms with Crippen molar-refractivity contribution < 1.29 is 23.8 Å². The van der Waals surface area contributed by atoms with E-state index in [0.29, 0.717) is 31.1 Å². The minimum Gasteiger partial charge on any atom is -0.484 e. The van der Waals surface area contributed by atoms with E-state index in [9.17, 15) is 19.6 Å². The van der Waals surface area contributed by atoms with Crippen LogP contribution in [0.1, 0.15) is 54.7 Å². The van der Waals surface area contributed by atoms with E-state index >= 15 is 0 Å². The molecule has 4 aromatic rings. The lowest BCUT2D eigenvalue weighted by molar-refractivity contribution is -0.136. The second-order valence-electron chi connectivity index (χ2n) is 11.9. The van der Waals surface area contributed by atoms with Crippen LogP contribution in [0.15, 0.2) is 54.6 Å². The Morgan fingerprint density at radius 2 is 1.91 bits per heavy atom. The summed E-state index contributed by atoms with van der Waals surface area (Å²) in [5.74, 6) is -0.000184. The SMILES string of the molecule is N#CCC1(Cn2c(CN3CCC(Oc4cccc(COc5ccc(C#N)cc5F)n4)CC3)nc3ccc(CC(=O)O)cc32)CC1. The summed E-state index contributed by atoms with van der Waals surface area (Å²) in [6.45, 7) is 3.03. The fourth-order valence-electron chi connectivity index (χ4n) is 5.87. The number of rotatable bonds is 12. The molecule has 0 spiro atoms. The number of likely N-dealkylation sites (tertiary alicyclic amines) is 1. The van der Waals surface area contributed by atoms with Gasteiger partial charge in [0.15, 0.2) is 11.6 Å². The predicted molar refractivity (Wildman–Crippen MR) is 162 cm³/mol. The fourth-order valence-corrected chi connectivity index (χ4v) is 5.87. The molecule has 1 N–H and O–H groups in total. The molecule has 0 radical (unpaired) electrons. The first kappa shape index (κ1) is 30.0. The zero-order chi connectivity index (χ0) is 31.4. The molecular weight excluding hydrogens is 575 g/mol. The predicted octanol–water partition coefficient (Wildman–Crippen LogP) is 5.39. The highest BCUT2D eigenvalue weighted by atomic mass is 19.1. The van der Waals surface area contributed by atoms with E-state index in [4.69, 9.17) is 19.7 Å². The molecule has 1 saturated carbocycles. The number of aliphatic carboxylic acids is 1. The molecule has 3 heterocycles. The molecule has 230 valence electrons. The van der Waals surface area contributed by atoms with Crippen molar-refractivity contribution in [3.05, 3.63) is 83.1 Å². The first-order valence-corrected chi connectivity index (χ1v) is 15.1. The van der Waals surface area contributed by atoms with Gasteiger partial charge in [-0.15, -0.1) is 0 Å². The number of imidazole rings is 1. The molecule has 0 amide bonds. The van der Waals surface area contributed by atoms with Gasteiger partial charge in [-0.1, -0.05) is 12.1 Å². The molecule has 1 aliphatic heterocycles. The van der Waals surface area contributed by atoms with E-state index < -0.39 is 11.8 Å². The molecule has 0 unspecified atom stereocenters. The summed E-state index contributed by atoms with van der Waals surface area (Å²) in [6.07, 6.45) is 4.06. The number of nitrogens with zero attached hydrogens (tertiary/aromatic N) is 6. The zero-order valence-corrected chi connectivity index (χ0v) is 24.8. The molecule has 10 nitrogen and oxygen atoms in total. The van der Waals surface area contributed by atoms with Gasteiger partial charge in [0.25, 0.3) is 0 Å². The Labute approximate surface area is 260 Å². The van der Waals surface area contributed by atoms with E-state index in [0.717, 1.165) is 67.3 Å². The standard InChI is InChI=1S/C34H33FN6O4/c35-27-16-24(19-37)5-7-30(27)44-21-25-2-1-3-32(38-25)45-26-8-14-40(15-9-26)20-31-39-28-6-4-23(18-33(42)43)17-29(28)41(31)22-34(10-11-34)12-13-36/h1-7,16-17,26H,8-12,14-15,18,20-22H2,(H,42,43). The van der Waals surface area contributed by atoms with E-state index in [-0.39, 0.29) is 35.9 Å². The van der Waals surface area contributed by atoms with E-state index in [2.05, 4.69) is 20.5 Å². The highest BCUT2D eigenvalue weighted by molar-refractivity contribution is 5.79. The number of fused-ring (bicyclic) bond motifs is 1. The van der Waals surface area contributed by atoms with Crippen LogP contribution < -0.4 is 9.47 Å².